The van der Waals surface area contributed by atoms with Crippen LogP contribution in [0.1, 0.15) is 12.8 Å². The fourth-order valence-electron chi connectivity index (χ4n) is 1.81. The van der Waals surface area contributed by atoms with Crippen molar-refractivity contribution in [3.05, 3.63) is 0 Å². The second-order valence-electron chi connectivity index (χ2n) is 3.97. The molecule has 0 aromatic heterocycles. The maximum Gasteiger partial charge on any atom is 0.227 e. The summed E-state index contributed by atoms with van der Waals surface area (Å²) >= 11 is 0. The minimum absolute atomic E-state index is 0.295. The number of hydrogen-bond acceptors (Lipinski definition) is 4. The molecule has 0 spiro atoms. The van der Waals surface area contributed by atoms with Crippen molar-refractivity contribution in [3.63, 3.8) is 0 Å². The average Bonchev–Trinajstić information content (AvgIpc) is 2.52. The monoisotopic (exact) mass is 231 g/mol. The first-order valence-corrected chi connectivity index (χ1v) is 6.59. The third kappa shape index (κ3) is 3.16. The Hall–Kier alpha value is -0.640. The Morgan fingerprint density at radius 1 is 1.60 bits per heavy atom. The zero-order valence-corrected chi connectivity index (χ0v) is 10.00. The summed E-state index contributed by atoms with van der Waals surface area (Å²) in [5.74, 6) is -0.431. The first-order valence-electron chi connectivity index (χ1n) is 4.98. The molecule has 1 unspecified atom stereocenters. The first-order chi connectivity index (χ1) is 6.97. The highest BCUT2D eigenvalue weighted by Gasteiger charge is 2.26. The van der Waals surface area contributed by atoms with Gasteiger partial charge >= 0.3 is 0 Å². The van der Waals surface area contributed by atoms with E-state index in [1.165, 1.54) is 4.31 Å². The summed E-state index contributed by atoms with van der Waals surface area (Å²) in [6.45, 7) is 1.51. The number of sulfonamides is 1. The molecule has 0 aromatic rings. The Balaban J connectivity index is 2.55. The van der Waals surface area contributed by atoms with Crippen molar-refractivity contribution >= 4 is 10.0 Å². The van der Waals surface area contributed by atoms with Gasteiger partial charge in [-0.3, -0.25) is 0 Å². The molecule has 1 aliphatic rings. The van der Waals surface area contributed by atoms with E-state index in [0.29, 0.717) is 12.6 Å². The average molecular weight is 231 g/mol. The predicted octanol–water partition coefficient (Wildman–Crippen LogP) is -0.134. The number of likely N-dealkylation sites (tertiary alicyclic amines) is 1. The molecule has 0 aromatic carbocycles. The van der Waals surface area contributed by atoms with Crippen LogP contribution in [0.5, 0.6) is 0 Å². The summed E-state index contributed by atoms with van der Waals surface area (Å²) in [6, 6.07) is 1.98. The third-order valence-electron chi connectivity index (χ3n) is 2.86. The van der Waals surface area contributed by atoms with Crippen LogP contribution < -0.4 is 0 Å². The van der Waals surface area contributed by atoms with Gasteiger partial charge in [0.2, 0.25) is 10.0 Å². The molecule has 1 rings (SSSR count). The molecule has 1 atom stereocenters. The molecule has 1 heterocycles. The van der Waals surface area contributed by atoms with Crippen LogP contribution in [0.2, 0.25) is 0 Å². The van der Waals surface area contributed by atoms with Gasteiger partial charge in [0.1, 0.15) is 0 Å². The lowest BCUT2D eigenvalue weighted by atomic mass is 10.2. The van der Waals surface area contributed by atoms with E-state index in [4.69, 9.17) is 5.26 Å². The number of rotatable bonds is 4. The number of nitriles is 1. The van der Waals surface area contributed by atoms with Crippen LogP contribution in [-0.4, -0.2) is 56.6 Å². The molecule has 86 valence electrons. The first kappa shape index (κ1) is 12.4. The summed E-state index contributed by atoms with van der Waals surface area (Å²) < 4.78 is 24.3. The second-order valence-corrected chi connectivity index (χ2v) is 6.05. The lowest BCUT2D eigenvalue weighted by Gasteiger charge is -2.24. The van der Waals surface area contributed by atoms with Crippen LogP contribution in [0.25, 0.3) is 0 Å². The van der Waals surface area contributed by atoms with Gasteiger partial charge in [0.25, 0.3) is 0 Å². The molecule has 0 aliphatic carbocycles. The molecule has 1 fully saturated rings. The van der Waals surface area contributed by atoms with Crippen molar-refractivity contribution in [2.24, 2.45) is 0 Å². The maximum atomic E-state index is 11.5. The molecule has 0 bridgehead atoms. The Bertz CT molecular complexity index is 347. The highest BCUT2D eigenvalue weighted by atomic mass is 32.2. The largest absolute Gasteiger partial charge is 0.302 e. The zero-order chi connectivity index (χ0) is 11.5. The van der Waals surface area contributed by atoms with Crippen molar-refractivity contribution in [2.75, 3.05) is 32.9 Å². The topological polar surface area (TPSA) is 64.4 Å². The van der Waals surface area contributed by atoms with E-state index < -0.39 is 15.8 Å². The van der Waals surface area contributed by atoms with Gasteiger partial charge in [-0.25, -0.2) is 12.7 Å². The Morgan fingerprint density at radius 3 is 2.73 bits per heavy atom. The molecular formula is C9H17N3O2S. The van der Waals surface area contributed by atoms with Crippen molar-refractivity contribution < 1.29 is 8.42 Å². The smallest absolute Gasteiger partial charge is 0.227 e. The molecule has 0 radical (unpaired) electrons. The molecule has 0 N–H and O–H groups in total. The summed E-state index contributed by atoms with van der Waals surface area (Å²) in [5.41, 5.74) is 0. The van der Waals surface area contributed by atoms with Crippen molar-refractivity contribution in [1.29, 1.82) is 5.26 Å². The molecule has 1 aliphatic heterocycles. The van der Waals surface area contributed by atoms with Gasteiger partial charge in [-0.15, -0.1) is 0 Å². The zero-order valence-electron chi connectivity index (χ0n) is 9.18. The highest BCUT2D eigenvalue weighted by molar-refractivity contribution is 7.89. The van der Waals surface area contributed by atoms with Gasteiger partial charge < -0.3 is 4.90 Å². The molecule has 0 amide bonds. The molecule has 15 heavy (non-hydrogen) atoms. The number of nitrogens with zero attached hydrogens (tertiary/aromatic N) is 3. The summed E-state index contributed by atoms with van der Waals surface area (Å²) in [6.07, 6.45) is 2.15. The normalized spacial score (nSPS) is 23.2. The van der Waals surface area contributed by atoms with E-state index in [2.05, 4.69) is 4.90 Å². The lowest BCUT2D eigenvalue weighted by molar-refractivity contribution is 0.271. The summed E-state index contributed by atoms with van der Waals surface area (Å²) in [5, 5.41) is 8.40. The van der Waals surface area contributed by atoms with Gasteiger partial charge in [0, 0.05) is 19.6 Å². The fraction of sp³-hybridized carbons (Fsp3) is 0.889. The van der Waals surface area contributed by atoms with Gasteiger partial charge in [-0.2, -0.15) is 5.26 Å². The Kier molecular flexibility index (Phi) is 4.08. The van der Waals surface area contributed by atoms with E-state index in [1.807, 2.05) is 7.05 Å². The predicted molar refractivity (Wildman–Crippen MR) is 57.7 cm³/mol. The quantitative estimate of drug-likeness (QED) is 0.676. The molecule has 5 nitrogen and oxygen atoms in total. The standard InChI is InChI=1S/C9H17N3O2S/c1-11-6-3-4-9(11)8-12(2)15(13,14)7-5-10/h9H,3-4,6-8H2,1-2H3. The van der Waals surface area contributed by atoms with Crippen LogP contribution in [0.15, 0.2) is 0 Å². The molecule has 6 heteroatoms. The minimum atomic E-state index is -3.38. The van der Waals surface area contributed by atoms with E-state index >= 15 is 0 Å². The van der Waals surface area contributed by atoms with E-state index in [0.717, 1.165) is 19.4 Å². The van der Waals surface area contributed by atoms with Crippen LogP contribution in [0.4, 0.5) is 0 Å². The van der Waals surface area contributed by atoms with Crippen molar-refractivity contribution in [2.45, 2.75) is 18.9 Å². The van der Waals surface area contributed by atoms with E-state index in [9.17, 15) is 8.42 Å². The molecule has 1 saturated heterocycles. The van der Waals surface area contributed by atoms with E-state index in [1.54, 1.807) is 13.1 Å². The van der Waals surface area contributed by atoms with Gasteiger partial charge in [-0.1, -0.05) is 0 Å². The third-order valence-corrected chi connectivity index (χ3v) is 4.45. The summed E-state index contributed by atoms with van der Waals surface area (Å²) in [4.78, 5) is 2.17. The van der Waals surface area contributed by atoms with Gasteiger partial charge in [0.15, 0.2) is 5.75 Å². The highest BCUT2D eigenvalue weighted by Crippen LogP contribution is 2.16. The van der Waals surface area contributed by atoms with Crippen LogP contribution >= 0.6 is 0 Å². The molecular weight excluding hydrogens is 214 g/mol. The lowest BCUT2D eigenvalue weighted by Crippen LogP contribution is -2.40. The van der Waals surface area contributed by atoms with Gasteiger partial charge in [-0.05, 0) is 26.4 Å². The van der Waals surface area contributed by atoms with Crippen LogP contribution in [-0.2, 0) is 10.0 Å². The van der Waals surface area contributed by atoms with Crippen LogP contribution in [0.3, 0.4) is 0 Å². The number of likely N-dealkylation sites (N-methyl/N-ethyl adjacent to an activating group) is 2. The molecule has 0 saturated carbocycles. The number of hydrogen-bond donors (Lipinski definition) is 0. The van der Waals surface area contributed by atoms with Crippen LogP contribution in [0, 0.1) is 11.3 Å². The SMILES string of the molecule is CN1CCCC1CN(C)S(=O)(=O)CC#N. The van der Waals surface area contributed by atoms with Crippen molar-refractivity contribution in [3.8, 4) is 6.07 Å². The fourth-order valence-corrected chi connectivity index (χ4v) is 2.59. The van der Waals surface area contributed by atoms with Gasteiger partial charge in [0.05, 0.1) is 6.07 Å². The summed E-state index contributed by atoms with van der Waals surface area (Å²) in [7, 11) is 0.167. The maximum absolute atomic E-state index is 11.5. The van der Waals surface area contributed by atoms with E-state index in [-0.39, 0.29) is 0 Å². The Morgan fingerprint density at radius 2 is 2.27 bits per heavy atom. The Labute approximate surface area is 91.3 Å². The minimum Gasteiger partial charge on any atom is -0.302 e. The van der Waals surface area contributed by atoms with Crippen molar-refractivity contribution in [1.82, 2.24) is 9.21 Å². The second kappa shape index (κ2) is 4.92.